The highest BCUT2D eigenvalue weighted by atomic mass is 16.3. The van der Waals surface area contributed by atoms with E-state index >= 15 is 0 Å². The smallest absolute Gasteiger partial charge is 0.251 e. The highest BCUT2D eigenvalue weighted by molar-refractivity contribution is 5.94. The summed E-state index contributed by atoms with van der Waals surface area (Å²) in [6.45, 7) is 2.82. The first-order chi connectivity index (χ1) is 18.0. The van der Waals surface area contributed by atoms with Crippen molar-refractivity contribution in [1.29, 1.82) is 0 Å². The zero-order valence-corrected chi connectivity index (χ0v) is 21.8. The largest absolute Gasteiger partial charge is 0.512 e. The summed E-state index contributed by atoms with van der Waals surface area (Å²) < 4.78 is 0. The minimum Gasteiger partial charge on any atom is -0.512 e. The van der Waals surface area contributed by atoms with Crippen LogP contribution in [0.2, 0.25) is 0 Å². The molecule has 1 amide bonds. The van der Waals surface area contributed by atoms with Crippen LogP contribution in [0.4, 0.5) is 0 Å². The number of nitrogens with one attached hydrogen (secondary N) is 2. The van der Waals surface area contributed by atoms with Gasteiger partial charge in [0.15, 0.2) is 0 Å². The van der Waals surface area contributed by atoms with E-state index in [9.17, 15) is 9.90 Å². The highest BCUT2D eigenvalue weighted by Gasteiger charge is 2.49. The summed E-state index contributed by atoms with van der Waals surface area (Å²) in [5.74, 6) is 1.02. The monoisotopic (exact) mass is 494 g/mol. The first kappa shape index (κ1) is 24.2. The molecule has 0 aromatic heterocycles. The molecule has 0 aliphatic heterocycles. The van der Waals surface area contributed by atoms with Crippen molar-refractivity contribution in [3.63, 3.8) is 0 Å². The number of allylic oxidation sites excluding steroid dienone is 1. The second-order valence-electron chi connectivity index (χ2n) is 11.6. The van der Waals surface area contributed by atoms with Crippen molar-refractivity contribution >= 4 is 16.7 Å². The molecule has 3 aliphatic rings. The Morgan fingerprint density at radius 1 is 1.00 bits per heavy atom. The molecule has 3 atom stereocenters. The number of carbonyl (C=O) groups excluding carboxylic acids is 1. The van der Waals surface area contributed by atoms with Crippen molar-refractivity contribution in [1.82, 2.24) is 10.6 Å². The number of aliphatic hydroxyl groups excluding tert-OH is 1. The number of benzene rings is 3. The van der Waals surface area contributed by atoms with Gasteiger partial charge >= 0.3 is 0 Å². The van der Waals surface area contributed by atoms with Crippen LogP contribution in [0, 0.1) is 5.41 Å². The summed E-state index contributed by atoms with van der Waals surface area (Å²) in [5, 5.41) is 20.1. The van der Waals surface area contributed by atoms with E-state index in [0.717, 1.165) is 32.1 Å². The third-order valence-corrected chi connectivity index (χ3v) is 8.87. The average Bonchev–Trinajstić information content (AvgIpc) is 3.87. The third-order valence-electron chi connectivity index (χ3n) is 8.87. The lowest BCUT2D eigenvalue weighted by atomic mass is 9.80. The lowest BCUT2D eigenvalue weighted by Gasteiger charge is -2.32. The predicted octanol–water partition coefficient (Wildman–Crippen LogP) is 7.33. The van der Waals surface area contributed by atoms with E-state index in [1.807, 2.05) is 12.1 Å². The van der Waals surface area contributed by atoms with E-state index < -0.39 is 0 Å². The lowest BCUT2D eigenvalue weighted by molar-refractivity contribution is 0.0944. The summed E-state index contributed by atoms with van der Waals surface area (Å²) in [7, 11) is 0. The van der Waals surface area contributed by atoms with Gasteiger partial charge in [-0.05, 0) is 97.4 Å². The SMILES string of the molecule is CC(NC1CCC[C@H](c2ccc(C(=O)NCC3(C(O)=C4CC4)CC3)cc2)C1)c1cccc2ccccc12. The fourth-order valence-corrected chi connectivity index (χ4v) is 6.30. The van der Waals surface area contributed by atoms with E-state index in [1.54, 1.807) is 0 Å². The van der Waals surface area contributed by atoms with Crippen molar-refractivity contribution in [3.8, 4) is 0 Å². The second-order valence-corrected chi connectivity index (χ2v) is 11.6. The predicted molar refractivity (Wildman–Crippen MR) is 150 cm³/mol. The van der Waals surface area contributed by atoms with Gasteiger partial charge in [-0.3, -0.25) is 4.79 Å². The van der Waals surface area contributed by atoms with Crippen molar-refractivity contribution < 1.29 is 9.90 Å². The van der Waals surface area contributed by atoms with Gasteiger partial charge in [0, 0.05) is 29.6 Å². The molecule has 37 heavy (non-hydrogen) atoms. The molecule has 3 aliphatic carbocycles. The molecule has 6 rings (SSSR count). The summed E-state index contributed by atoms with van der Waals surface area (Å²) in [6.07, 6.45) is 8.71. The van der Waals surface area contributed by atoms with E-state index in [0.29, 0.717) is 35.9 Å². The Labute approximate surface area is 220 Å². The molecule has 3 fully saturated rings. The quantitative estimate of drug-likeness (QED) is 0.287. The first-order valence-corrected chi connectivity index (χ1v) is 14.1. The van der Waals surface area contributed by atoms with Gasteiger partial charge < -0.3 is 15.7 Å². The zero-order valence-electron chi connectivity index (χ0n) is 21.8. The van der Waals surface area contributed by atoms with E-state index in [-0.39, 0.29) is 11.3 Å². The van der Waals surface area contributed by atoms with Gasteiger partial charge in [-0.2, -0.15) is 0 Å². The molecule has 192 valence electrons. The van der Waals surface area contributed by atoms with E-state index in [1.165, 1.54) is 46.7 Å². The van der Waals surface area contributed by atoms with Crippen LogP contribution in [0.15, 0.2) is 78.1 Å². The Bertz CT molecular complexity index is 1310. The minimum atomic E-state index is -0.186. The summed E-state index contributed by atoms with van der Waals surface area (Å²) in [5.41, 5.74) is 4.39. The van der Waals surface area contributed by atoms with Gasteiger partial charge in [0.1, 0.15) is 0 Å². The summed E-state index contributed by atoms with van der Waals surface area (Å²) in [6, 6.07) is 24.2. The number of amides is 1. The Morgan fingerprint density at radius 2 is 1.76 bits per heavy atom. The molecule has 0 bridgehead atoms. The fraction of sp³-hybridized carbons (Fsp3) is 0.424. The van der Waals surface area contributed by atoms with Crippen molar-refractivity contribution in [2.75, 3.05) is 6.54 Å². The van der Waals surface area contributed by atoms with E-state index in [2.05, 4.69) is 72.2 Å². The summed E-state index contributed by atoms with van der Waals surface area (Å²) in [4.78, 5) is 12.8. The van der Waals surface area contributed by atoms with Gasteiger partial charge in [0.25, 0.3) is 5.91 Å². The first-order valence-electron chi connectivity index (χ1n) is 14.1. The molecular formula is C33H38N2O2. The van der Waals surface area contributed by atoms with Crippen LogP contribution in [0.25, 0.3) is 10.8 Å². The number of carbonyl (C=O) groups is 1. The van der Waals surface area contributed by atoms with Crippen molar-refractivity contribution in [3.05, 3.63) is 94.8 Å². The van der Waals surface area contributed by atoms with Gasteiger partial charge in [0.05, 0.1) is 5.76 Å². The van der Waals surface area contributed by atoms with Crippen LogP contribution in [0.1, 0.15) is 91.7 Å². The van der Waals surface area contributed by atoms with Crippen molar-refractivity contribution in [2.24, 2.45) is 5.41 Å². The molecule has 4 nitrogen and oxygen atoms in total. The average molecular weight is 495 g/mol. The molecule has 3 N–H and O–H groups in total. The van der Waals surface area contributed by atoms with Gasteiger partial charge in [-0.1, -0.05) is 61.0 Å². The Kier molecular flexibility index (Phi) is 6.54. The normalized spacial score (nSPS) is 22.9. The molecule has 3 aromatic rings. The Balaban J connectivity index is 1.06. The molecule has 0 saturated heterocycles. The Hall–Kier alpha value is -3.11. The summed E-state index contributed by atoms with van der Waals surface area (Å²) >= 11 is 0. The molecule has 0 radical (unpaired) electrons. The van der Waals surface area contributed by atoms with Crippen LogP contribution in [0.3, 0.4) is 0 Å². The molecular weight excluding hydrogens is 456 g/mol. The van der Waals surface area contributed by atoms with Gasteiger partial charge in [0.2, 0.25) is 0 Å². The third kappa shape index (κ3) is 5.17. The maximum absolute atomic E-state index is 12.8. The maximum Gasteiger partial charge on any atom is 0.251 e. The standard InChI is InChI=1S/C33H38N2O2/c1-22(29-11-5-7-24-6-2-3-10-30(24)29)35-28-9-4-8-27(20-28)23-12-16-26(17-13-23)32(37)34-21-33(18-19-33)31(36)25-14-15-25/h2-3,5-7,10-13,16-17,22,27-28,35-36H,4,8-9,14-15,18-21H2,1H3,(H,34,37)/t22?,27-,28?/m0/s1. The number of fused-ring (bicyclic) bond motifs is 1. The van der Waals surface area contributed by atoms with Crippen LogP contribution < -0.4 is 10.6 Å². The van der Waals surface area contributed by atoms with Gasteiger partial charge in [-0.25, -0.2) is 0 Å². The number of aliphatic hydroxyl groups is 1. The molecule has 3 saturated carbocycles. The maximum atomic E-state index is 12.8. The van der Waals surface area contributed by atoms with Crippen molar-refractivity contribution in [2.45, 2.75) is 76.3 Å². The molecule has 4 heteroatoms. The Morgan fingerprint density at radius 3 is 2.51 bits per heavy atom. The second kappa shape index (κ2) is 9.98. The zero-order chi connectivity index (χ0) is 25.4. The molecule has 2 unspecified atom stereocenters. The van der Waals surface area contributed by atoms with Crippen LogP contribution in [-0.2, 0) is 0 Å². The number of hydrogen-bond acceptors (Lipinski definition) is 3. The highest BCUT2D eigenvalue weighted by Crippen LogP contribution is 2.54. The number of rotatable bonds is 8. The number of hydrogen-bond donors (Lipinski definition) is 3. The van der Waals surface area contributed by atoms with Gasteiger partial charge in [-0.15, -0.1) is 0 Å². The van der Waals surface area contributed by atoms with Crippen LogP contribution in [0.5, 0.6) is 0 Å². The lowest BCUT2D eigenvalue weighted by Crippen LogP contribution is -2.35. The molecule has 0 heterocycles. The fourth-order valence-electron chi connectivity index (χ4n) is 6.30. The molecule has 0 spiro atoms. The van der Waals surface area contributed by atoms with Crippen LogP contribution >= 0.6 is 0 Å². The van der Waals surface area contributed by atoms with E-state index in [4.69, 9.17) is 0 Å². The minimum absolute atomic E-state index is 0.0430. The van der Waals surface area contributed by atoms with Crippen LogP contribution in [-0.4, -0.2) is 23.6 Å². The molecule has 3 aromatic carbocycles. The topological polar surface area (TPSA) is 61.4 Å².